The molecule has 1 heterocycles. The van der Waals surface area contributed by atoms with Crippen molar-refractivity contribution in [3.63, 3.8) is 0 Å². The Hall–Kier alpha value is 0.1000. The number of hydrogen-bond donors (Lipinski definition) is 1. The SMILES string of the molecule is CCCNCC(CCC)N(C)Cc1cc(Br)cs1. The fourth-order valence-electron chi connectivity index (χ4n) is 2.07. The molecule has 0 bridgehead atoms. The Balaban J connectivity index is 2.44. The van der Waals surface area contributed by atoms with Gasteiger partial charge in [0.1, 0.15) is 0 Å². The molecule has 4 heteroatoms. The van der Waals surface area contributed by atoms with E-state index in [9.17, 15) is 0 Å². The Bertz CT molecular complexity index is 327. The third-order valence-corrected chi connectivity index (χ3v) is 4.76. The van der Waals surface area contributed by atoms with E-state index in [1.807, 2.05) is 11.3 Å². The molecule has 1 aromatic rings. The number of rotatable bonds is 9. The molecule has 1 N–H and O–H groups in total. The minimum Gasteiger partial charge on any atom is -0.315 e. The van der Waals surface area contributed by atoms with Gasteiger partial charge in [-0.05, 0) is 48.4 Å². The second-order valence-corrected chi connectivity index (χ2v) is 6.70. The van der Waals surface area contributed by atoms with Gasteiger partial charge in [0.25, 0.3) is 0 Å². The lowest BCUT2D eigenvalue weighted by Gasteiger charge is -2.27. The van der Waals surface area contributed by atoms with E-state index in [-0.39, 0.29) is 0 Å². The van der Waals surface area contributed by atoms with Crippen molar-refractivity contribution < 1.29 is 0 Å². The zero-order valence-corrected chi connectivity index (χ0v) is 14.1. The first kappa shape index (κ1) is 16.2. The van der Waals surface area contributed by atoms with Crippen molar-refractivity contribution in [2.75, 3.05) is 20.1 Å². The number of nitrogens with zero attached hydrogens (tertiary/aromatic N) is 1. The van der Waals surface area contributed by atoms with Gasteiger partial charge in [-0.25, -0.2) is 0 Å². The molecule has 1 unspecified atom stereocenters. The summed E-state index contributed by atoms with van der Waals surface area (Å²) in [6.45, 7) is 7.76. The van der Waals surface area contributed by atoms with Crippen molar-refractivity contribution in [2.45, 2.75) is 45.7 Å². The van der Waals surface area contributed by atoms with Crippen LogP contribution in [0, 0.1) is 0 Å². The first-order chi connectivity index (χ1) is 8.67. The van der Waals surface area contributed by atoms with Crippen LogP contribution < -0.4 is 5.32 Å². The predicted octanol–water partition coefficient (Wildman–Crippen LogP) is 4.11. The van der Waals surface area contributed by atoms with E-state index < -0.39 is 0 Å². The lowest BCUT2D eigenvalue weighted by molar-refractivity contribution is 0.216. The fraction of sp³-hybridized carbons (Fsp3) is 0.714. The zero-order chi connectivity index (χ0) is 13.4. The minimum atomic E-state index is 0.641. The van der Waals surface area contributed by atoms with Crippen LogP contribution in [0.5, 0.6) is 0 Å². The number of likely N-dealkylation sites (N-methyl/N-ethyl adjacent to an activating group) is 1. The summed E-state index contributed by atoms with van der Waals surface area (Å²) in [7, 11) is 2.24. The molecule has 0 fully saturated rings. The van der Waals surface area contributed by atoms with Crippen LogP contribution in [-0.4, -0.2) is 31.1 Å². The van der Waals surface area contributed by atoms with Gasteiger partial charge in [0, 0.05) is 33.9 Å². The molecule has 1 aromatic heterocycles. The molecule has 0 spiro atoms. The van der Waals surface area contributed by atoms with E-state index in [2.05, 4.69) is 58.5 Å². The van der Waals surface area contributed by atoms with E-state index in [4.69, 9.17) is 0 Å². The van der Waals surface area contributed by atoms with Gasteiger partial charge in [0.2, 0.25) is 0 Å². The van der Waals surface area contributed by atoms with Crippen molar-refractivity contribution >= 4 is 27.3 Å². The minimum absolute atomic E-state index is 0.641. The average molecular weight is 333 g/mol. The molecule has 0 amide bonds. The summed E-state index contributed by atoms with van der Waals surface area (Å²) < 4.78 is 1.20. The molecule has 0 saturated heterocycles. The normalized spacial score (nSPS) is 13.2. The highest BCUT2D eigenvalue weighted by atomic mass is 79.9. The van der Waals surface area contributed by atoms with Gasteiger partial charge < -0.3 is 5.32 Å². The third-order valence-electron chi connectivity index (χ3n) is 3.08. The molecule has 0 saturated carbocycles. The molecule has 2 nitrogen and oxygen atoms in total. The van der Waals surface area contributed by atoms with Gasteiger partial charge in [-0.1, -0.05) is 20.3 Å². The summed E-state index contributed by atoms with van der Waals surface area (Å²) in [5, 5.41) is 5.70. The van der Waals surface area contributed by atoms with Crippen LogP contribution in [0.15, 0.2) is 15.9 Å². The van der Waals surface area contributed by atoms with Crippen LogP contribution in [0.4, 0.5) is 0 Å². The Morgan fingerprint density at radius 2 is 2.17 bits per heavy atom. The molecule has 0 aliphatic carbocycles. The summed E-state index contributed by atoms with van der Waals surface area (Å²) in [5.41, 5.74) is 0. The van der Waals surface area contributed by atoms with E-state index >= 15 is 0 Å². The third kappa shape index (κ3) is 5.83. The number of hydrogen-bond acceptors (Lipinski definition) is 3. The van der Waals surface area contributed by atoms with Crippen LogP contribution in [0.2, 0.25) is 0 Å². The van der Waals surface area contributed by atoms with Crippen molar-refractivity contribution in [3.05, 3.63) is 20.8 Å². The number of nitrogens with one attached hydrogen (secondary N) is 1. The van der Waals surface area contributed by atoms with Gasteiger partial charge in [-0.15, -0.1) is 11.3 Å². The summed E-state index contributed by atoms with van der Waals surface area (Å²) in [6, 6.07) is 2.87. The monoisotopic (exact) mass is 332 g/mol. The highest BCUT2D eigenvalue weighted by Gasteiger charge is 2.14. The van der Waals surface area contributed by atoms with Gasteiger partial charge in [-0.3, -0.25) is 4.90 Å². The van der Waals surface area contributed by atoms with Crippen molar-refractivity contribution in [2.24, 2.45) is 0 Å². The van der Waals surface area contributed by atoms with Crippen molar-refractivity contribution in [1.82, 2.24) is 10.2 Å². The van der Waals surface area contributed by atoms with Crippen LogP contribution in [0.3, 0.4) is 0 Å². The lowest BCUT2D eigenvalue weighted by Crippen LogP contribution is -2.39. The highest BCUT2D eigenvalue weighted by Crippen LogP contribution is 2.21. The topological polar surface area (TPSA) is 15.3 Å². The molecule has 18 heavy (non-hydrogen) atoms. The lowest BCUT2D eigenvalue weighted by atomic mass is 10.1. The molecule has 104 valence electrons. The molecule has 0 aromatic carbocycles. The highest BCUT2D eigenvalue weighted by molar-refractivity contribution is 9.10. The quantitative estimate of drug-likeness (QED) is 0.684. The van der Waals surface area contributed by atoms with Crippen LogP contribution in [-0.2, 0) is 6.54 Å². The summed E-state index contributed by atoms with van der Waals surface area (Å²) >= 11 is 5.35. The number of thiophene rings is 1. The average Bonchev–Trinajstić information content (AvgIpc) is 2.74. The predicted molar refractivity (Wildman–Crippen MR) is 85.3 cm³/mol. The van der Waals surface area contributed by atoms with Crippen molar-refractivity contribution in [1.29, 1.82) is 0 Å². The fourth-order valence-corrected chi connectivity index (χ4v) is 3.58. The molecular weight excluding hydrogens is 308 g/mol. The Labute approximate surface area is 124 Å². The molecule has 0 aliphatic heterocycles. The van der Waals surface area contributed by atoms with E-state index in [0.29, 0.717) is 6.04 Å². The Morgan fingerprint density at radius 1 is 1.39 bits per heavy atom. The standard InChI is InChI=1S/C14H25BrN2S/c1-4-6-13(9-16-7-5-2)17(3)10-14-8-12(15)11-18-14/h8,11,13,16H,4-7,9-10H2,1-3H3. The maximum Gasteiger partial charge on any atom is 0.0328 e. The maximum absolute atomic E-state index is 3.54. The van der Waals surface area contributed by atoms with Crippen molar-refractivity contribution in [3.8, 4) is 0 Å². The second-order valence-electron chi connectivity index (χ2n) is 4.79. The first-order valence-corrected chi connectivity index (χ1v) is 8.48. The molecule has 1 rings (SSSR count). The Morgan fingerprint density at radius 3 is 2.72 bits per heavy atom. The zero-order valence-electron chi connectivity index (χ0n) is 11.7. The van der Waals surface area contributed by atoms with Crippen LogP contribution in [0.1, 0.15) is 38.0 Å². The maximum atomic E-state index is 3.54. The molecular formula is C14H25BrN2S. The summed E-state index contributed by atoms with van der Waals surface area (Å²) in [4.78, 5) is 3.91. The van der Waals surface area contributed by atoms with Gasteiger partial charge in [-0.2, -0.15) is 0 Å². The Kier molecular flexibility index (Phi) is 8.15. The van der Waals surface area contributed by atoms with Crippen LogP contribution in [0.25, 0.3) is 0 Å². The summed E-state index contributed by atoms with van der Waals surface area (Å²) in [6.07, 6.45) is 3.72. The smallest absolute Gasteiger partial charge is 0.0328 e. The first-order valence-electron chi connectivity index (χ1n) is 6.81. The van der Waals surface area contributed by atoms with Gasteiger partial charge in [0.05, 0.1) is 0 Å². The largest absolute Gasteiger partial charge is 0.315 e. The van der Waals surface area contributed by atoms with E-state index in [1.54, 1.807) is 0 Å². The molecule has 1 atom stereocenters. The van der Waals surface area contributed by atoms with E-state index in [0.717, 1.165) is 19.6 Å². The van der Waals surface area contributed by atoms with Gasteiger partial charge >= 0.3 is 0 Å². The number of halogens is 1. The summed E-state index contributed by atoms with van der Waals surface area (Å²) in [5.74, 6) is 0. The van der Waals surface area contributed by atoms with E-state index in [1.165, 1.54) is 28.6 Å². The molecule has 0 aliphatic rings. The second kappa shape index (κ2) is 9.08. The van der Waals surface area contributed by atoms with Gasteiger partial charge in [0.15, 0.2) is 0 Å². The van der Waals surface area contributed by atoms with Crippen LogP contribution >= 0.6 is 27.3 Å². The molecule has 0 radical (unpaired) electrons.